The van der Waals surface area contributed by atoms with Gasteiger partial charge >= 0.3 is 6.03 Å². The van der Waals surface area contributed by atoms with Gasteiger partial charge in [-0.1, -0.05) is 54.2 Å². The summed E-state index contributed by atoms with van der Waals surface area (Å²) in [5.74, 6) is 0.603. The molecule has 1 aromatic heterocycles. The lowest BCUT2D eigenvalue weighted by Gasteiger charge is -2.31. The van der Waals surface area contributed by atoms with Crippen LogP contribution < -0.4 is 5.32 Å². The van der Waals surface area contributed by atoms with Crippen molar-refractivity contribution in [1.82, 2.24) is 10.3 Å². The normalized spacial score (nSPS) is 23.8. The minimum absolute atomic E-state index is 0.0104. The molecule has 1 aliphatic heterocycles. The summed E-state index contributed by atoms with van der Waals surface area (Å²) in [5, 5.41) is 6.38. The number of aromatic nitrogens is 1. The number of urea groups is 1. The molecule has 0 bridgehead atoms. The van der Waals surface area contributed by atoms with Crippen LogP contribution in [0.2, 0.25) is 0 Å². The van der Waals surface area contributed by atoms with E-state index in [1.54, 1.807) is 11.3 Å². The Morgan fingerprint density at radius 2 is 1.93 bits per heavy atom. The van der Waals surface area contributed by atoms with Crippen molar-refractivity contribution >= 4 is 39.0 Å². The number of halogens is 1. The summed E-state index contributed by atoms with van der Waals surface area (Å²) in [6.45, 7) is 2.07. The molecule has 1 saturated carbocycles. The minimum atomic E-state index is -0.250. The van der Waals surface area contributed by atoms with E-state index < -0.39 is 0 Å². The average Bonchev–Trinajstić information content (AvgIpc) is 3.18. The molecule has 1 aliphatic carbocycles. The molecule has 0 saturated heterocycles. The van der Waals surface area contributed by atoms with Crippen molar-refractivity contribution in [2.24, 2.45) is 4.99 Å². The summed E-state index contributed by atoms with van der Waals surface area (Å²) in [4.78, 5) is 21.5. The lowest BCUT2D eigenvalue weighted by Crippen LogP contribution is -2.39. The number of hydrogen-bond acceptors (Lipinski definition) is 3. The van der Waals surface area contributed by atoms with Gasteiger partial charge in [-0.25, -0.2) is 14.8 Å². The van der Waals surface area contributed by atoms with E-state index in [0.717, 1.165) is 27.2 Å². The summed E-state index contributed by atoms with van der Waals surface area (Å²) < 4.78 is 1.03. The van der Waals surface area contributed by atoms with E-state index >= 15 is 0 Å². The fourth-order valence-electron chi connectivity index (χ4n) is 4.20. The molecule has 2 amide bonds. The Morgan fingerprint density at radius 1 is 1.19 bits per heavy atom. The second-order valence-corrected chi connectivity index (χ2v) is 9.16. The Hall–Kier alpha value is -1.53. The Labute approximate surface area is 172 Å². The molecule has 1 fully saturated rings. The van der Waals surface area contributed by atoms with E-state index in [-0.39, 0.29) is 18.0 Å². The number of rotatable bonds is 4. The number of amides is 2. The maximum atomic E-state index is 12.2. The molecule has 2 aromatic rings. The molecule has 1 N–H and O–H groups in total. The van der Waals surface area contributed by atoms with E-state index in [4.69, 9.17) is 4.98 Å². The molecule has 142 valence electrons. The van der Waals surface area contributed by atoms with E-state index in [1.165, 1.54) is 37.8 Å². The summed E-state index contributed by atoms with van der Waals surface area (Å²) in [7, 11) is 0. The van der Waals surface area contributed by atoms with E-state index in [9.17, 15) is 4.79 Å². The summed E-state index contributed by atoms with van der Waals surface area (Å²) in [6.07, 6.45) is 7.20. The Kier molecular flexibility index (Phi) is 5.74. The first-order valence-electron chi connectivity index (χ1n) is 9.74. The Bertz CT molecular complexity index is 839. The Balaban J connectivity index is 1.69. The van der Waals surface area contributed by atoms with Gasteiger partial charge in [0.1, 0.15) is 5.01 Å². The van der Waals surface area contributed by atoms with Crippen LogP contribution in [0, 0.1) is 0 Å². The van der Waals surface area contributed by atoms with Crippen LogP contribution in [0.5, 0.6) is 0 Å². The van der Waals surface area contributed by atoms with Gasteiger partial charge in [-0.15, -0.1) is 11.3 Å². The lowest BCUT2D eigenvalue weighted by molar-refractivity contribution is 0.242. The molecule has 1 aromatic carbocycles. The number of hydrogen-bond donors (Lipinski definition) is 1. The van der Waals surface area contributed by atoms with Gasteiger partial charge in [0.05, 0.1) is 17.7 Å². The van der Waals surface area contributed by atoms with Crippen molar-refractivity contribution in [1.29, 1.82) is 0 Å². The summed E-state index contributed by atoms with van der Waals surface area (Å²) >= 11 is 5.21. The van der Waals surface area contributed by atoms with Crippen LogP contribution in [0.3, 0.4) is 0 Å². The van der Waals surface area contributed by atoms with Gasteiger partial charge in [-0.2, -0.15) is 0 Å². The van der Waals surface area contributed by atoms with E-state index in [1.807, 2.05) is 12.1 Å². The molecule has 4 nitrogen and oxygen atoms in total. The second kappa shape index (κ2) is 8.23. The largest absolute Gasteiger partial charge is 0.341 e. The standard InChI is InChI=1S/C21H24BrN3OS/c1-2-16-18(20-23-17(12-27-20)13-6-4-3-5-7-13)19(25-21(26)24-16)14-8-10-15(22)11-9-14/h8-13,18-19H,2-7H2,1H3,(H,25,26). The number of thiazole rings is 1. The van der Waals surface area contributed by atoms with Crippen LogP contribution in [-0.4, -0.2) is 16.7 Å². The van der Waals surface area contributed by atoms with Crippen LogP contribution >= 0.6 is 27.3 Å². The number of nitrogens with one attached hydrogen (secondary N) is 1. The van der Waals surface area contributed by atoms with Crippen molar-refractivity contribution in [3.8, 4) is 0 Å². The highest BCUT2D eigenvalue weighted by Gasteiger charge is 2.36. The second-order valence-electron chi connectivity index (χ2n) is 7.36. The predicted octanol–water partition coefficient (Wildman–Crippen LogP) is 6.35. The fourth-order valence-corrected chi connectivity index (χ4v) is 5.53. The van der Waals surface area contributed by atoms with Crippen LogP contribution in [0.4, 0.5) is 4.79 Å². The van der Waals surface area contributed by atoms with E-state index in [2.05, 4.69) is 50.7 Å². The third kappa shape index (κ3) is 4.02. The highest BCUT2D eigenvalue weighted by atomic mass is 79.9. The number of aliphatic imine (C=N–C) groups is 1. The fraction of sp³-hybridized carbons (Fsp3) is 0.476. The number of carbonyl (C=O) groups is 1. The van der Waals surface area contributed by atoms with Gasteiger partial charge in [0, 0.05) is 21.5 Å². The maximum absolute atomic E-state index is 12.2. The molecular weight excluding hydrogens is 422 g/mol. The number of nitrogens with zero attached hydrogens (tertiary/aromatic N) is 2. The minimum Gasteiger partial charge on any atom is -0.328 e. The Morgan fingerprint density at radius 3 is 2.63 bits per heavy atom. The van der Waals surface area contributed by atoms with Gasteiger partial charge in [-0.05, 0) is 37.0 Å². The first kappa shape index (κ1) is 18.8. The number of benzene rings is 1. The summed E-state index contributed by atoms with van der Waals surface area (Å²) in [6, 6.07) is 7.80. The highest BCUT2D eigenvalue weighted by molar-refractivity contribution is 9.10. The van der Waals surface area contributed by atoms with Gasteiger partial charge in [0.25, 0.3) is 0 Å². The monoisotopic (exact) mass is 445 g/mol. The first-order chi connectivity index (χ1) is 13.2. The molecule has 2 heterocycles. The van der Waals surface area contributed by atoms with Crippen molar-refractivity contribution < 1.29 is 4.79 Å². The smallest absolute Gasteiger partial charge is 0.328 e. The zero-order chi connectivity index (χ0) is 18.8. The maximum Gasteiger partial charge on any atom is 0.341 e. The molecule has 0 spiro atoms. The third-order valence-corrected chi connectivity index (χ3v) is 7.11. The molecule has 6 heteroatoms. The quantitative estimate of drug-likeness (QED) is 0.595. The van der Waals surface area contributed by atoms with Crippen molar-refractivity contribution in [3.63, 3.8) is 0 Å². The molecule has 2 unspecified atom stereocenters. The molecule has 2 atom stereocenters. The van der Waals surface area contributed by atoms with Crippen LogP contribution in [0.25, 0.3) is 0 Å². The molecule has 2 aliphatic rings. The van der Waals surface area contributed by atoms with Gasteiger partial charge in [-0.3, -0.25) is 0 Å². The van der Waals surface area contributed by atoms with Crippen molar-refractivity contribution in [2.45, 2.75) is 63.3 Å². The van der Waals surface area contributed by atoms with Gasteiger partial charge in [0.15, 0.2) is 0 Å². The van der Waals surface area contributed by atoms with Crippen LogP contribution in [-0.2, 0) is 0 Å². The van der Waals surface area contributed by atoms with Crippen molar-refractivity contribution in [2.75, 3.05) is 0 Å². The average molecular weight is 446 g/mol. The van der Waals surface area contributed by atoms with Crippen LogP contribution in [0.15, 0.2) is 39.1 Å². The first-order valence-corrected chi connectivity index (χ1v) is 11.4. The zero-order valence-electron chi connectivity index (χ0n) is 15.5. The topological polar surface area (TPSA) is 54.4 Å². The predicted molar refractivity (Wildman–Crippen MR) is 114 cm³/mol. The van der Waals surface area contributed by atoms with Crippen molar-refractivity contribution in [3.05, 3.63) is 50.4 Å². The van der Waals surface area contributed by atoms with Gasteiger partial charge in [0.2, 0.25) is 0 Å². The molecule has 4 rings (SSSR count). The lowest BCUT2D eigenvalue weighted by atomic mass is 9.86. The number of carbonyl (C=O) groups excluding carboxylic acids is 1. The molecule has 0 radical (unpaired) electrons. The SMILES string of the molecule is CCC1=NC(=O)NC(c2ccc(Br)cc2)C1c1nc(C2CCCCC2)cs1. The highest BCUT2D eigenvalue weighted by Crippen LogP contribution is 2.40. The van der Waals surface area contributed by atoms with E-state index in [0.29, 0.717) is 5.92 Å². The molecular formula is C21H24BrN3OS. The van der Waals surface area contributed by atoms with Gasteiger partial charge < -0.3 is 5.32 Å². The summed E-state index contributed by atoms with van der Waals surface area (Å²) in [5.41, 5.74) is 3.25. The van der Waals surface area contributed by atoms with Crippen LogP contribution in [0.1, 0.15) is 79.6 Å². The molecule has 27 heavy (non-hydrogen) atoms. The zero-order valence-corrected chi connectivity index (χ0v) is 17.9. The third-order valence-electron chi connectivity index (χ3n) is 5.64.